The van der Waals surface area contributed by atoms with Crippen molar-refractivity contribution in [1.82, 2.24) is 9.80 Å². The third kappa shape index (κ3) is 4.40. The predicted molar refractivity (Wildman–Crippen MR) is 106 cm³/mol. The molecule has 1 unspecified atom stereocenters. The van der Waals surface area contributed by atoms with Gasteiger partial charge in [-0.15, -0.1) is 0 Å². The molecule has 1 atom stereocenters. The van der Waals surface area contributed by atoms with E-state index in [0.717, 1.165) is 37.8 Å². The maximum absolute atomic E-state index is 14.0. The van der Waals surface area contributed by atoms with Crippen LogP contribution in [0.2, 0.25) is 0 Å². The van der Waals surface area contributed by atoms with Gasteiger partial charge < -0.3 is 9.80 Å². The van der Waals surface area contributed by atoms with Crippen molar-refractivity contribution in [3.8, 4) is 0 Å². The number of piperidine rings is 1. The summed E-state index contributed by atoms with van der Waals surface area (Å²) < 4.78 is 14.0. The minimum absolute atomic E-state index is 0.0859. The van der Waals surface area contributed by atoms with Gasteiger partial charge in [0.1, 0.15) is 5.82 Å². The molecule has 2 saturated heterocycles. The van der Waals surface area contributed by atoms with Crippen LogP contribution in [0.15, 0.2) is 24.3 Å². The molecule has 26 heavy (non-hydrogen) atoms. The van der Waals surface area contributed by atoms with Crippen LogP contribution in [0, 0.1) is 11.7 Å². The van der Waals surface area contributed by atoms with E-state index in [1.165, 1.54) is 64.6 Å². The minimum Gasteiger partial charge on any atom is -0.367 e. The zero-order valence-electron chi connectivity index (χ0n) is 16.1. The number of rotatable bonds is 4. The van der Waals surface area contributed by atoms with E-state index in [9.17, 15) is 4.39 Å². The Morgan fingerprint density at radius 1 is 0.846 bits per heavy atom. The number of anilines is 1. The van der Waals surface area contributed by atoms with E-state index in [1.807, 2.05) is 12.1 Å². The van der Waals surface area contributed by atoms with Crippen molar-refractivity contribution in [1.29, 1.82) is 0 Å². The Hall–Kier alpha value is -1.13. The van der Waals surface area contributed by atoms with Gasteiger partial charge in [-0.3, -0.25) is 4.90 Å². The summed E-state index contributed by atoms with van der Waals surface area (Å²) in [6.45, 7) is 7.89. The van der Waals surface area contributed by atoms with Crippen molar-refractivity contribution in [2.75, 3.05) is 50.7 Å². The summed E-state index contributed by atoms with van der Waals surface area (Å²) in [5.41, 5.74) is 0.773. The van der Waals surface area contributed by atoms with E-state index >= 15 is 0 Å². The van der Waals surface area contributed by atoms with Gasteiger partial charge in [0.2, 0.25) is 0 Å². The van der Waals surface area contributed by atoms with Crippen molar-refractivity contribution < 1.29 is 4.39 Å². The van der Waals surface area contributed by atoms with Crippen LogP contribution in [-0.4, -0.2) is 61.7 Å². The fourth-order valence-electron chi connectivity index (χ4n) is 5.27. The Kier molecular flexibility index (Phi) is 6.11. The van der Waals surface area contributed by atoms with Gasteiger partial charge in [-0.25, -0.2) is 4.39 Å². The molecule has 0 radical (unpaired) electrons. The number of hydrogen-bond donors (Lipinski definition) is 0. The zero-order valence-corrected chi connectivity index (χ0v) is 16.1. The van der Waals surface area contributed by atoms with E-state index in [1.54, 1.807) is 12.1 Å². The van der Waals surface area contributed by atoms with Gasteiger partial charge in [0.05, 0.1) is 5.69 Å². The first-order valence-corrected chi connectivity index (χ1v) is 10.8. The quantitative estimate of drug-likeness (QED) is 0.805. The maximum Gasteiger partial charge on any atom is 0.146 e. The first-order chi connectivity index (χ1) is 12.8. The lowest BCUT2D eigenvalue weighted by atomic mass is 9.88. The lowest BCUT2D eigenvalue weighted by Crippen LogP contribution is -2.55. The Labute approximate surface area is 158 Å². The molecule has 1 aromatic carbocycles. The number of nitrogens with zero attached hydrogens (tertiary/aromatic N) is 3. The number of halogens is 1. The minimum atomic E-state index is -0.0859. The molecule has 0 spiro atoms. The zero-order chi connectivity index (χ0) is 17.8. The van der Waals surface area contributed by atoms with Gasteiger partial charge in [0, 0.05) is 45.3 Å². The molecule has 3 nitrogen and oxygen atoms in total. The van der Waals surface area contributed by atoms with Gasteiger partial charge in [0.25, 0.3) is 0 Å². The SMILES string of the molecule is Fc1ccccc1N1CCN(C2CCCN(CC3CCCCC3)C2)CC1. The van der Waals surface area contributed by atoms with Crippen LogP contribution in [0.3, 0.4) is 0 Å². The molecule has 3 aliphatic rings. The second-order valence-electron chi connectivity index (χ2n) is 8.53. The van der Waals surface area contributed by atoms with Crippen molar-refractivity contribution in [2.45, 2.75) is 51.0 Å². The second kappa shape index (κ2) is 8.71. The van der Waals surface area contributed by atoms with Crippen LogP contribution in [0.4, 0.5) is 10.1 Å². The Balaban J connectivity index is 1.28. The molecule has 1 aliphatic carbocycles. The van der Waals surface area contributed by atoms with Crippen molar-refractivity contribution in [2.24, 2.45) is 5.92 Å². The molecule has 0 bridgehead atoms. The lowest BCUT2D eigenvalue weighted by Gasteiger charge is -2.44. The standard InChI is InChI=1S/C22H34FN3/c23-21-10-4-5-11-22(21)26-15-13-25(14-16-26)20-9-6-12-24(18-20)17-19-7-2-1-3-8-19/h4-5,10-11,19-20H,1-3,6-9,12-18H2. The van der Waals surface area contributed by atoms with E-state index in [4.69, 9.17) is 0 Å². The molecule has 4 heteroatoms. The third-order valence-electron chi connectivity index (χ3n) is 6.75. The number of benzene rings is 1. The monoisotopic (exact) mass is 359 g/mol. The Bertz CT molecular complexity index is 564. The van der Waals surface area contributed by atoms with Crippen LogP contribution in [0.25, 0.3) is 0 Å². The highest BCUT2D eigenvalue weighted by Crippen LogP contribution is 2.27. The van der Waals surface area contributed by atoms with Crippen LogP contribution >= 0.6 is 0 Å². The van der Waals surface area contributed by atoms with Crippen molar-refractivity contribution >= 4 is 5.69 Å². The number of piperazine rings is 1. The van der Waals surface area contributed by atoms with Gasteiger partial charge in [0.15, 0.2) is 0 Å². The number of likely N-dealkylation sites (tertiary alicyclic amines) is 1. The fourth-order valence-corrected chi connectivity index (χ4v) is 5.27. The Morgan fingerprint density at radius 3 is 2.38 bits per heavy atom. The molecule has 0 aromatic heterocycles. The fraction of sp³-hybridized carbons (Fsp3) is 0.727. The first-order valence-electron chi connectivity index (χ1n) is 10.8. The molecule has 1 saturated carbocycles. The molecule has 0 amide bonds. The molecule has 144 valence electrons. The summed E-state index contributed by atoms with van der Waals surface area (Å²) in [6.07, 6.45) is 9.90. The lowest BCUT2D eigenvalue weighted by molar-refractivity contribution is 0.0786. The average molecular weight is 360 g/mol. The van der Waals surface area contributed by atoms with E-state index in [2.05, 4.69) is 14.7 Å². The van der Waals surface area contributed by atoms with Gasteiger partial charge in [-0.05, 0) is 50.3 Å². The summed E-state index contributed by atoms with van der Waals surface area (Å²) >= 11 is 0. The summed E-state index contributed by atoms with van der Waals surface area (Å²) in [6, 6.07) is 7.91. The molecular formula is C22H34FN3. The molecule has 0 N–H and O–H groups in total. The highest BCUT2D eigenvalue weighted by molar-refractivity contribution is 5.48. The smallest absolute Gasteiger partial charge is 0.146 e. The topological polar surface area (TPSA) is 9.72 Å². The maximum atomic E-state index is 14.0. The summed E-state index contributed by atoms with van der Waals surface area (Å²) in [5.74, 6) is 0.859. The summed E-state index contributed by atoms with van der Waals surface area (Å²) in [5, 5.41) is 0. The van der Waals surface area contributed by atoms with Crippen LogP contribution < -0.4 is 4.90 Å². The molecular weight excluding hydrogens is 325 g/mol. The summed E-state index contributed by atoms with van der Waals surface area (Å²) in [4.78, 5) is 7.63. The van der Waals surface area contributed by atoms with Gasteiger partial charge >= 0.3 is 0 Å². The molecule has 2 aliphatic heterocycles. The van der Waals surface area contributed by atoms with Crippen LogP contribution in [0.1, 0.15) is 44.9 Å². The highest BCUT2D eigenvalue weighted by atomic mass is 19.1. The first kappa shape index (κ1) is 18.2. The molecule has 1 aromatic rings. The van der Waals surface area contributed by atoms with Gasteiger partial charge in [-0.1, -0.05) is 31.4 Å². The molecule has 3 fully saturated rings. The highest BCUT2D eigenvalue weighted by Gasteiger charge is 2.29. The van der Waals surface area contributed by atoms with Gasteiger partial charge in [-0.2, -0.15) is 0 Å². The van der Waals surface area contributed by atoms with Crippen molar-refractivity contribution in [3.05, 3.63) is 30.1 Å². The molecule has 4 rings (SSSR count). The number of hydrogen-bond acceptors (Lipinski definition) is 3. The van der Waals surface area contributed by atoms with Crippen LogP contribution in [0.5, 0.6) is 0 Å². The van der Waals surface area contributed by atoms with Crippen molar-refractivity contribution in [3.63, 3.8) is 0 Å². The van der Waals surface area contributed by atoms with E-state index in [0.29, 0.717) is 6.04 Å². The normalized spacial score (nSPS) is 27.0. The third-order valence-corrected chi connectivity index (χ3v) is 6.75. The molecule has 2 heterocycles. The van der Waals surface area contributed by atoms with E-state index in [-0.39, 0.29) is 5.82 Å². The Morgan fingerprint density at radius 2 is 1.62 bits per heavy atom. The van der Waals surface area contributed by atoms with Crippen LogP contribution in [-0.2, 0) is 0 Å². The predicted octanol–water partition coefficient (Wildman–Crippen LogP) is 3.99. The van der Waals surface area contributed by atoms with E-state index < -0.39 is 0 Å². The summed E-state index contributed by atoms with van der Waals surface area (Å²) in [7, 11) is 0. The number of para-hydroxylation sites is 1. The average Bonchev–Trinajstić information content (AvgIpc) is 2.70. The largest absolute Gasteiger partial charge is 0.367 e. The second-order valence-corrected chi connectivity index (χ2v) is 8.53.